The largest absolute Gasteiger partial charge is 0.478 e. The summed E-state index contributed by atoms with van der Waals surface area (Å²) in [5.74, 6) is -1.16. The van der Waals surface area contributed by atoms with Gasteiger partial charge in [-0.25, -0.2) is 4.79 Å². The van der Waals surface area contributed by atoms with Crippen molar-refractivity contribution in [2.45, 2.75) is 25.8 Å². The minimum atomic E-state index is -1.04. The molecule has 1 fully saturated rings. The smallest absolute Gasteiger partial charge is 0.331 e. The summed E-state index contributed by atoms with van der Waals surface area (Å²) in [6.07, 6.45) is 2.99. The first kappa shape index (κ1) is 9.92. The number of hydrogen-bond acceptors (Lipinski definition) is 3. The van der Waals surface area contributed by atoms with Crippen LogP contribution in [0.15, 0.2) is 11.6 Å². The van der Waals surface area contributed by atoms with Crippen LogP contribution in [0.2, 0.25) is 0 Å². The Hall–Kier alpha value is -1.16. The maximum atomic E-state index is 11.4. The fourth-order valence-corrected chi connectivity index (χ4v) is 1.30. The second-order valence-corrected chi connectivity index (χ2v) is 3.18. The number of ketones is 1. The van der Waals surface area contributed by atoms with Crippen LogP contribution in [0.25, 0.3) is 0 Å². The van der Waals surface area contributed by atoms with Gasteiger partial charge in [-0.15, -0.1) is 0 Å². The molecule has 72 valence electrons. The summed E-state index contributed by atoms with van der Waals surface area (Å²) in [6, 6.07) is -0.172. The van der Waals surface area contributed by atoms with Crippen molar-refractivity contribution < 1.29 is 14.7 Å². The molecular weight excluding hydrogens is 170 g/mol. The lowest BCUT2D eigenvalue weighted by atomic mass is 10.1. The molecular formula is C9H13NO3. The highest BCUT2D eigenvalue weighted by atomic mass is 16.4. The van der Waals surface area contributed by atoms with Crippen LogP contribution in [-0.2, 0) is 9.59 Å². The average molecular weight is 183 g/mol. The molecule has 1 aliphatic rings. The number of nitrogens with one attached hydrogen (secondary N) is 1. The maximum Gasteiger partial charge on any atom is 0.331 e. The zero-order valence-electron chi connectivity index (χ0n) is 7.54. The van der Waals surface area contributed by atoms with Crippen LogP contribution in [0, 0.1) is 0 Å². The Morgan fingerprint density at radius 3 is 2.69 bits per heavy atom. The number of carboxylic acid groups (broad SMARTS) is 1. The van der Waals surface area contributed by atoms with Crippen LogP contribution in [0.5, 0.6) is 0 Å². The predicted octanol–water partition coefficient (Wildman–Crippen LogP) is 0.338. The van der Waals surface area contributed by atoms with Crippen molar-refractivity contribution in [1.82, 2.24) is 5.32 Å². The van der Waals surface area contributed by atoms with Gasteiger partial charge < -0.3 is 10.4 Å². The lowest BCUT2D eigenvalue weighted by molar-refractivity contribution is -0.132. The Balaban J connectivity index is 2.57. The third-order valence-electron chi connectivity index (χ3n) is 2.10. The summed E-state index contributed by atoms with van der Waals surface area (Å²) in [7, 11) is 0. The highest BCUT2D eigenvalue weighted by molar-refractivity contribution is 6.01. The van der Waals surface area contributed by atoms with Crippen molar-refractivity contribution >= 4 is 11.8 Å². The van der Waals surface area contributed by atoms with Gasteiger partial charge in [-0.3, -0.25) is 4.79 Å². The Labute approximate surface area is 76.6 Å². The van der Waals surface area contributed by atoms with Gasteiger partial charge in [-0.2, -0.15) is 0 Å². The minimum Gasteiger partial charge on any atom is -0.478 e. The second-order valence-electron chi connectivity index (χ2n) is 3.18. The molecule has 0 aliphatic carbocycles. The van der Waals surface area contributed by atoms with Gasteiger partial charge in [0.15, 0.2) is 5.78 Å². The van der Waals surface area contributed by atoms with Gasteiger partial charge in [0.05, 0.1) is 6.04 Å². The molecule has 1 aliphatic heterocycles. The quantitative estimate of drug-likeness (QED) is 0.619. The topological polar surface area (TPSA) is 66.4 Å². The van der Waals surface area contributed by atoms with Crippen molar-refractivity contribution in [2.24, 2.45) is 0 Å². The summed E-state index contributed by atoms with van der Waals surface area (Å²) in [5.41, 5.74) is 0.0960. The molecule has 1 heterocycles. The third kappa shape index (κ3) is 2.66. The van der Waals surface area contributed by atoms with Crippen molar-refractivity contribution in [3.63, 3.8) is 0 Å². The molecule has 4 heteroatoms. The minimum absolute atomic E-state index is 0.0960. The van der Waals surface area contributed by atoms with E-state index in [-0.39, 0.29) is 17.4 Å². The number of hydrogen-bond donors (Lipinski definition) is 2. The van der Waals surface area contributed by atoms with Crippen molar-refractivity contribution in [3.8, 4) is 0 Å². The molecule has 0 radical (unpaired) electrons. The number of carbonyl (C=O) groups excluding carboxylic acids is 1. The Kier molecular flexibility index (Phi) is 3.19. The van der Waals surface area contributed by atoms with E-state index < -0.39 is 5.97 Å². The van der Waals surface area contributed by atoms with Crippen molar-refractivity contribution in [3.05, 3.63) is 11.6 Å². The van der Waals surface area contributed by atoms with Crippen LogP contribution in [-0.4, -0.2) is 29.4 Å². The van der Waals surface area contributed by atoms with E-state index in [4.69, 9.17) is 5.11 Å². The fraction of sp³-hybridized carbons (Fsp3) is 0.556. The van der Waals surface area contributed by atoms with E-state index >= 15 is 0 Å². The van der Waals surface area contributed by atoms with E-state index in [0.29, 0.717) is 0 Å². The summed E-state index contributed by atoms with van der Waals surface area (Å²) in [4.78, 5) is 21.8. The molecule has 4 nitrogen and oxygen atoms in total. The van der Waals surface area contributed by atoms with Gasteiger partial charge in [-0.05, 0) is 32.4 Å². The van der Waals surface area contributed by atoms with Gasteiger partial charge in [-0.1, -0.05) is 0 Å². The predicted molar refractivity (Wildman–Crippen MR) is 47.4 cm³/mol. The van der Waals surface area contributed by atoms with Gasteiger partial charge in [0.25, 0.3) is 0 Å². The number of rotatable bonds is 3. The van der Waals surface area contributed by atoms with E-state index in [2.05, 4.69) is 5.32 Å². The average Bonchev–Trinajstić information content (AvgIpc) is 2.55. The standard InChI is InChI=1S/C9H13NO3/c1-6(9(12)13)5-8(11)7-3-2-4-10-7/h5,7,10H,2-4H2,1H3,(H,12,13)/t7-/m1/s1. The van der Waals surface area contributed by atoms with Gasteiger partial charge >= 0.3 is 5.97 Å². The van der Waals surface area contributed by atoms with E-state index in [9.17, 15) is 9.59 Å². The van der Waals surface area contributed by atoms with Gasteiger partial charge in [0, 0.05) is 5.57 Å². The lowest BCUT2D eigenvalue weighted by Crippen LogP contribution is -2.29. The molecule has 13 heavy (non-hydrogen) atoms. The van der Waals surface area contributed by atoms with Crippen LogP contribution in [0.4, 0.5) is 0 Å². The number of carboxylic acids is 1. The normalized spacial score (nSPS) is 23.2. The van der Waals surface area contributed by atoms with E-state index in [0.717, 1.165) is 19.4 Å². The highest BCUT2D eigenvalue weighted by Crippen LogP contribution is 2.07. The molecule has 1 rings (SSSR count). The Morgan fingerprint density at radius 1 is 1.54 bits per heavy atom. The molecule has 1 atom stereocenters. The maximum absolute atomic E-state index is 11.4. The monoisotopic (exact) mass is 183 g/mol. The van der Waals surface area contributed by atoms with E-state index in [1.165, 1.54) is 13.0 Å². The Morgan fingerprint density at radius 2 is 2.23 bits per heavy atom. The molecule has 0 saturated carbocycles. The lowest BCUT2D eigenvalue weighted by Gasteiger charge is -2.04. The first-order valence-corrected chi connectivity index (χ1v) is 4.30. The molecule has 0 aromatic heterocycles. The zero-order valence-corrected chi connectivity index (χ0v) is 7.54. The summed E-state index contributed by atoms with van der Waals surface area (Å²) in [5, 5.41) is 11.5. The first-order valence-electron chi connectivity index (χ1n) is 4.30. The van der Waals surface area contributed by atoms with Gasteiger partial charge in [0.2, 0.25) is 0 Å². The first-order chi connectivity index (χ1) is 6.11. The molecule has 0 aromatic carbocycles. The molecule has 2 N–H and O–H groups in total. The Bertz CT molecular complexity index is 252. The third-order valence-corrected chi connectivity index (χ3v) is 2.10. The molecule has 0 amide bonds. The molecule has 0 spiro atoms. The fourth-order valence-electron chi connectivity index (χ4n) is 1.30. The molecule has 0 unspecified atom stereocenters. The van der Waals surface area contributed by atoms with Crippen LogP contribution < -0.4 is 5.32 Å². The van der Waals surface area contributed by atoms with Crippen LogP contribution in [0.3, 0.4) is 0 Å². The second kappa shape index (κ2) is 4.18. The van der Waals surface area contributed by atoms with E-state index in [1.54, 1.807) is 0 Å². The number of aliphatic carboxylic acids is 1. The van der Waals surface area contributed by atoms with Crippen LogP contribution in [0.1, 0.15) is 19.8 Å². The summed E-state index contributed by atoms with van der Waals surface area (Å²) >= 11 is 0. The summed E-state index contributed by atoms with van der Waals surface area (Å²) in [6.45, 7) is 2.27. The SMILES string of the molecule is CC(=CC(=O)[C@H]1CCCN1)C(=O)O. The van der Waals surface area contributed by atoms with Crippen LogP contribution >= 0.6 is 0 Å². The zero-order chi connectivity index (χ0) is 9.84. The van der Waals surface area contributed by atoms with Crippen molar-refractivity contribution in [1.29, 1.82) is 0 Å². The highest BCUT2D eigenvalue weighted by Gasteiger charge is 2.20. The summed E-state index contributed by atoms with van der Waals surface area (Å²) < 4.78 is 0. The number of carbonyl (C=O) groups is 2. The molecule has 0 aromatic rings. The van der Waals surface area contributed by atoms with E-state index in [1.807, 2.05) is 0 Å². The van der Waals surface area contributed by atoms with Gasteiger partial charge in [0.1, 0.15) is 0 Å². The molecule has 1 saturated heterocycles. The molecule has 0 bridgehead atoms. The van der Waals surface area contributed by atoms with Crippen molar-refractivity contribution in [2.75, 3.05) is 6.54 Å².